The summed E-state index contributed by atoms with van der Waals surface area (Å²) >= 11 is 8.64. The normalized spacial score (nSPS) is 11.4. The summed E-state index contributed by atoms with van der Waals surface area (Å²) < 4.78 is 36.1. The zero-order chi connectivity index (χ0) is 63.5. The van der Waals surface area contributed by atoms with Crippen LogP contribution in [-0.4, -0.2) is 97.7 Å². The van der Waals surface area contributed by atoms with Crippen LogP contribution in [0.3, 0.4) is 0 Å². The molecule has 0 aliphatic carbocycles. The van der Waals surface area contributed by atoms with Crippen LogP contribution in [0.15, 0.2) is 123 Å². The van der Waals surface area contributed by atoms with Crippen LogP contribution in [-0.2, 0) is 47.2 Å². The monoisotopic (exact) mass is 1380 g/mol. The summed E-state index contributed by atoms with van der Waals surface area (Å²) in [6.45, 7) is 18.1. The van der Waals surface area contributed by atoms with Gasteiger partial charge in [-0.15, -0.1) is 22.7 Å². The molecule has 0 spiro atoms. The molecule has 0 bridgehead atoms. The molecule has 12 aromatic rings. The Bertz CT molecular complexity index is 4640. The fourth-order valence-corrected chi connectivity index (χ4v) is 27.2. The molecule has 0 atom stereocenters. The van der Waals surface area contributed by atoms with Crippen molar-refractivity contribution < 1.29 is 14.2 Å². The molecule has 89 heavy (non-hydrogen) atoms. The number of methoxy groups -OCH3 is 3. The van der Waals surface area contributed by atoms with Crippen LogP contribution in [0.25, 0.3) is 69.8 Å². The molecule has 23 heteroatoms. The van der Waals surface area contributed by atoms with Crippen LogP contribution >= 0.6 is 45.6 Å². The van der Waals surface area contributed by atoms with E-state index in [1.165, 1.54) is 75.2 Å². The summed E-state index contributed by atoms with van der Waals surface area (Å²) in [5.74, 6) is 2.27. The molecule has 9 heterocycles. The molecule has 0 saturated heterocycles. The molecule has 466 valence electrons. The average molecular weight is 1380 g/mol. The molecule has 18 nitrogen and oxygen atoms in total. The van der Waals surface area contributed by atoms with Crippen LogP contribution < -0.4 is 30.9 Å². The van der Waals surface area contributed by atoms with Crippen molar-refractivity contribution in [1.82, 2.24) is 58.0 Å². The molecule has 12 rings (SSSR count). The van der Waals surface area contributed by atoms with E-state index in [0.717, 1.165) is 91.9 Å². The SMILES string of the molecule is C=Cc1nc2c(s1)c1cnn(Cc3cccc(OC)c3)c(=O)c1n2C.C=[CH][Sn]([CH2]CCC)([CH2]CCC)[CH2]CCC.CCc1nc2c(s1)c1cnn(Cc3cccc(OC)c3)c(=O)c1n2C.COc1cccc(Cn2ncc3c4sc(Cl)nc4n(C)c3c2=O)c1. The van der Waals surface area contributed by atoms with Crippen LogP contribution in [0.1, 0.15) is 92.9 Å². The van der Waals surface area contributed by atoms with Gasteiger partial charge in [-0.1, -0.05) is 72.8 Å². The van der Waals surface area contributed by atoms with Crippen molar-refractivity contribution in [1.29, 1.82) is 0 Å². The van der Waals surface area contributed by atoms with E-state index >= 15 is 0 Å². The first-order chi connectivity index (χ1) is 43.1. The Hall–Kier alpha value is -7.44. The van der Waals surface area contributed by atoms with Gasteiger partial charge in [-0.3, -0.25) is 14.4 Å². The molecule has 0 N–H and O–H groups in total. The van der Waals surface area contributed by atoms with E-state index in [0.29, 0.717) is 46.3 Å². The van der Waals surface area contributed by atoms with E-state index in [9.17, 15) is 14.4 Å². The molecule has 0 aliphatic rings. The van der Waals surface area contributed by atoms with Gasteiger partial charge in [-0.25, -0.2) is 29.0 Å². The summed E-state index contributed by atoms with van der Waals surface area (Å²) in [6.07, 6.45) is 16.3. The van der Waals surface area contributed by atoms with Gasteiger partial charge in [-0.05, 0) is 65.6 Å². The largest absolute Gasteiger partial charge is 0.497 e. The summed E-state index contributed by atoms with van der Waals surface area (Å²) in [6, 6.07) is 22.9. The second-order valence-electron chi connectivity index (χ2n) is 21.9. The fourth-order valence-electron chi connectivity index (χ4n) is 11.1. The van der Waals surface area contributed by atoms with Gasteiger partial charge >= 0.3 is 102 Å². The van der Waals surface area contributed by atoms with E-state index in [-0.39, 0.29) is 16.7 Å². The van der Waals surface area contributed by atoms with Crippen LogP contribution in [0.5, 0.6) is 17.2 Å². The standard InChI is InChI=1S/C18H18N4O2S.C18H16N4O2S.C16H13ClN4O2S.3C4H9.C2H3.Sn/c2*1-4-14-20-17-16(25-14)13-9-19-22(18(23)15(13)21(17)2)10-11-6-5-7-12(8-11)24-3;1-20-12-11(13-14(20)19-16(17)24-13)7-18-21(15(12)22)8-9-4-3-5-10(6-9)23-2;3*1-3-4-2;1-2;/h5-9H,4,10H2,1-3H3;4-9H,1,10H2,2-3H3;3-7H,8H2,1-2H3;3*1,3-4H2,2H3;1H,2H2;. The predicted molar refractivity (Wildman–Crippen MR) is 370 cm³/mol. The van der Waals surface area contributed by atoms with E-state index in [1.807, 2.05) is 103 Å². The number of thiazole rings is 3. The summed E-state index contributed by atoms with van der Waals surface area (Å²) in [4.78, 5) is 52.2. The van der Waals surface area contributed by atoms with Gasteiger partial charge in [0.25, 0.3) is 16.7 Å². The number of halogens is 1. The molecule has 0 saturated carbocycles. The van der Waals surface area contributed by atoms with Gasteiger partial charge in [0.05, 0.1) is 78.7 Å². The van der Waals surface area contributed by atoms with Crippen molar-refractivity contribution >= 4 is 134 Å². The van der Waals surface area contributed by atoms with Crippen molar-refractivity contribution in [3.05, 3.63) is 171 Å². The van der Waals surface area contributed by atoms with Gasteiger partial charge in [0.1, 0.15) is 38.8 Å². The minimum Gasteiger partial charge on any atom is -0.497 e. The number of hydrogen-bond acceptors (Lipinski definition) is 15. The number of nitrogens with zero attached hydrogens (tertiary/aromatic N) is 12. The number of aromatic nitrogens is 12. The Labute approximate surface area is 538 Å². The van der Waals surface area contributed by atoms with Crippen LogP contribution in [0, 0.1) is 0 Å². The molecule has 0 radical (unpaired) electrons. The number of ether oxygens (including phenoxy) is 3. The van der Waals surface area contributed by atoms with Gasteiger partial charge in [0.15, 0.2) is 21.4 Å². The number of hydrogen-bond donors (Lipinski definition) is 0. The quantitative estimate of drug-likeness (QED) is 0.0621. The zero-order valence-corrected chi connectivity index (χ0v) is 58.4. The summed E-state index contributed by atoms with van der Waals surface area (Å²) in [7, 11) is 10.4. The first kappa shape index (κ1) is 66.0. The molecule has 0 fully saturated rings. The topological polar surface area (TPSA) is 186 Å². The second kappa shape index (κ2) is 29.9. The summed E-state index contributed by atoms with van der Waals surface area (Å²) in [5.41, 5.74) is 6.67. The average Bonchev–Trinajstić information content (AvgIpc) is 1.82. The first-order valence-corrected chi connectivity index (χ1v) is 40.4. The summed E-state index contributed by atoms with van der Waals surface area (Å²) in [5, 5.41) is 17.5. The number of benzene rings is 3. The predicted octanol–water partition coefficient (Wildman–Crippen LogP) is 14.6. The molecule has 3 aromatic carbocycles. The van der Waals surface area contributed by atoms with Crippen molar-refractivity contribution in [2.75, 3.05) is 21.3 Å². The smallest absolute Gasteiger partial charge is 0.291 e. The van der Waals surface area contributed by atoms with E-state index < -0.39 is 18.4 Å². The third-order valence-corrected chi connectivity index (χ3v) is 33.5. The Morgan fingerprint density at radius 1 is 0.528 bits per heavy atom. The first-order valence-electron chi connectivity index (χ1n) is 29.9. The minimum atomic E-state index is -1.85. The van der Waals surface area contributed by atoms with Crippen molar-refractivity contribution in [2.45, 2.75) is 106 Å². The van der Waals surface area contributed by atoms with E-state index in [4.69, 9.17) is 25.8 Å². The zero-order valence-electron chi connectivity index (χ0n) is 52.3. The number of rotatable bonds is 21. The van der Waals surface area contributed by atoms with Crippen molar-refractivity contribution in [2.24, 2.45) is 21.1 Å². The molecule has 0 unspecified atom stereocenters. The second-order valence-corrected chi connectivity index (χ2v) is 38.8. The maximum atomic E-state index is 13.0. The Morgan fingerprint density at radius 3 is 1.26 bits per heavy atom. The van der Waals surface area contributed by atoms with E-state index in [1.54, 1.807) is 75.2 Å². The van der Waals surface area contributed by atoms with Crippen molar-refractivity contribution in [3.63, 3.8) is 0 Å². The van der Waals surface area contributed by atoms with Gasteiger partial charge in [0.2, 0.25) is 0 Å². The molecule has 0 aliphatic heterocycles. The third-order valence-electron chi connectivity index (χ3n) is 16.0. The molecular formula is C66H77ClN12O6S3Sn. The Balaban J connectivity index is 0.000000144. The number of unbranched alkanes of at least 4 members (excludes halogenated alkanes) is 3. The minimum absolute atomic E-state index is 0.105. The van der Waals surface area contributed by atoms with Crippen LogP contribution in [0.2, 0.25) is 17.8 Å². The van der Waals surface area contributed by atoms with Crippen LogP contribution in [0.4, 0.5) is 0 Å². The van der Waals surface area contributed by atoms with Gasteiger partial charge < -0.3 is 27.9 Å². The fraction of sp³-hybridized carbons (Fsp3) is 0.348. The number of fused-ring (bicyclic) bond motifs is 9. The number of aryl methyl sites for hydroxylation is 4. The van der Waals surface area contributed by atoms with Crippen molar-refractivity contribution in [3.8, 4) is 17.2 Å². The Morgan fingerprint density at radius 2 is 0.899 bits per heavy atom. The maximum Gasteiger partial charge on any atom is 0.291 e. The van der Waals surface area contributed by atoms with E-state index in [2.05, 4.69) is 75.2 Å². The molecule has 9 aromatic heterocycles. The molecular weight excluding hydrogens is 1310 g/mol. The molecule has 0 amide bonds. The maximum absolute atomic E-state index is 13.0. The van der Waals surface area contributed by atoms with Gasteiger partial charge in [0, 0.05) is 37.3 Å². The third kappa shape index (κ3) is 14.4. The Kier molecular flexibility index (Phi) is 22.2. The van der Waals surface area contributed by atoms with Gasteiger partial charge in [-0.2, -0.15) is 15.3 Å².